The number of anilines is 3. The fourth-order valence-electron chi connectivity index (χ4n) is 3.32. The Morgan fingerprint density at radius 1 is 1.00 bits per heavy atom. The van der Waals surface area contributed by atoms with Crippen molar-refractivity contribution in [1.82, 2.24) is 0 Å². The first-order valence-corrected chi connectivity index (χ1v) is 10.6. The number of ether oxygens (including phenoxy) is 1. The van der Waals surface area contributed by atoms with Crippen molar-refractivity contribution in [2.75, 3.05) is 48.4 Å². The molecule has 1 aliphatic rings. The molecular weight excluding hydrogens is 471 g/mol. The molecule has 0 spiro atoms. The van der Waals surface area contributed by atoms with Crippen molar-refractivity contribution in [2.24, 2.45) is 0 Å². The minimum absolute atomic E-state index is 0.143. The Hall–Kier alpha value is -3.96. The van der Waals surface area contributed by atoms with Gasteiger partial charge in [0.1, 0.15) is 5.75 Å². The van der Waals surface area contributed by atoms with E-state index in [1.54, 1.807) is 26.2 Å². The molecule has 0 radical (unpaired) electrons. The number of carboxylic acids is 2. The smallest absolute Gasteiger partial charge is 0.490 e. The number of piperazine rings is 1. The van der Waals surface area contributed by atoms with Gasteiger partial charge in [-0.05, 0) is 30.3 Å². The van der Waals surface area contributed by atoms with Gasteiger partial charge in [-0.25, -0.2) is 9.59 Å². The molecule has 1 aliphatic heterocycles. The predicted molar refractivity (Wildman–Crippen MR) is 123 cm³/mol. The number of halogens is 3. The minimum atomic E-state index is -5.08. The van der Waals surface area contributed by atoms with E-state index in [2.05, 4.69) is 15.1 Å². The van der Waals surface area contributed by atoms with E-state index in [1.807, 2.05) is 24.3 Å². The summed E-state index contributed by atoms with van der Waals surface area (Å²) in [6, 6.07) is 13.0. The Kier molecular flexibility index (Phi) is 9.32. The molecule has 2 aromatic carbocycles. The number of carboxylic acid groups (broad SMARTS) is 2. The predicted octanol–water partition coefficient (Wildman–Crippen LogP) is 3.70. The van der Waals surface area contributed by atoms with Gasteiger partial charge in [0.15, 0.2) is 0 Å². The standard InChI is InChI=1S/C21H25N3O4.C2HF3O2/c1-3-20(25)22-15-7-8-19(18(13-15)21(26)27)24-11-9-23(10-12-24)16-5-4-6-17(14-16)28-2;3-2(4,5)1(6)7/h4-8,13-14H,3,9-12H2,1-2H3,(H,22,25)(H,26,27);(H,6,7). The molecule has 3 rings (SSSR count). The van der Waals surface area contributed by atoms with E-state index in [9.17, 15) is 27.9 Å². The second kappa shape index (κ2) is 12.0. The van der Waals surface area contributed by atoms with Crippen molar-refractivity contribution in [1.29, 1.82) is 0 Å². The maximum absolute atomic E-state index is 11.8. The van der Waals surface area contributed by atoms with Crippen LogP contribution in [0.25, 0.3) is 0 Å². The molecule has 1 heterocycles. The monoisotopic (exact) mass is 497 g/mol. The van der Waals surface area contributed by atoms with E-state index < -0.39 is 18.1 Å². The number of carbonyl (C=O) groups excluding carboxylic acids is 1. The molecule has 9 nitrogen and oxygen atoms in total. The van der Waals surface area contributed by atoms with Gasteiger partial charge >= 0.3 is 18.1 Å². The van der Waals surface area contributed by atoms with E-state index in [0.717, 1.165) is 24.5 Å². The quantitative estimate of drug-likeness (QED) is 0.553. The van der Waals surface area contributed by atoms with Crippen molar-refractivity contribution < 1.29 is 42.5 Å². The molecule has 35 heavy (non-hydrogen) atoms. The van der Waals surface area contributed by atoms with Gasteiger partial charge in [-0.2, -0.15) is 13.2 Å². The number of alkyl halides is 3. The lowest BCUT2D eigenvalue weighted by Gasteiger charge is -2.38. The fraction of sp³-hybridized carbons (Fsp3) is 0.348. The first-order chi connectivity index (χ1) is 16.5. The SMILES string of the molecule is CCC(=O)Nc1ccc(N2CCN(c3cccc(OC)c3)CC2)c(C(=O)O)c1.O=C(O)C(F)(F)F. The summed E-state index contributed by atoms with van der Waals surface area (Å²) in [6.07, 6.45) is -4.74. The minimum Gasteiger partial charge on any atom is -0.497 e. The van der Waals surface area contributed by atoms with Gasteiger partial charge in [0.25, 0.3) is 0 Å². The number of nitrogens with one attached hydrogen (secondary N) is 1. The zero-order valence-corrected chi connectivity index (χ0v) is 19.1. The van der Waals surface area contributed by atoms with Crippen LogP contribution in [0.1, 0.15) is 23.7 Å². The summed E-state index contributed by atoms with van der Waals surface area (Å²) in [6.45, 7) is 4.72. The molecule has 0 aromatic heterocycles. The maximum atomic E-state index is 11.8. The summed E-state index contributed by atoms with van der Waals surface area (Å²) < 4.78 is 37.0. The highest BCUT2D eigenvalue weighted by Gasteiger charge is 2.38. The van der Waals surface area contributed by atoms with E-state index >= 15 is 0 Å². The molecule has 12 heteroatoms. The lowest BCUT2D eigenvalue weighted by molar-refractivity contribution is -0.192. The number of hydrogen-bond acceptors (Lipinski definition) is 6. The molecule has 0 atom stereocenters. The molecule has 1 amide bonds. The van der Waals surface area contributed by atoms with Crippen LogP contribution in [-0.4, -0.2) is 67.5 Å². The number of aromatic carboxylic acids is 1. The van der Waals surface area contributed by atoms with Crippen molar-refractivity contribution in [3.63, 3.8) is 0 Å². The van der Waals surface area contributed by atoms with Crippen LogP contribution in [0.4, 0.5) is 30.2 Å². The molecule has 0 unspecified atom stereocenters. The van der Waals surface area contributed by atoms with Crippen LogP contribution >= 0.6 is 0 Å². The third-order valence-corrected chi connectivity index (χ3v) is 5.11. The van der Waals surface area contributed by atoms with Crippen molar-refractivity contribution in [3.05, 3.63) is 48.0 Å². The highest BCUT2D eigenvalue weighted by Crippen LogP contribution is 2.28. The Balaban J connectivity index is 0.000000540. The molecule has 1 saturated heterocycles. The first kappa shape index (κ1) is 27.3. The van der Waals surface area contributed by atoms with E-state index in [1.165, 1.54) is 6.07 Å². The van der Waals surface area contributed by atoms with Gasteiger partial charge in [0.05, 0.1) is 18.4 Å². The number of hydrogen-bond donors (Lipinski definition) is 3. The zero-order valence-electron chi connectivity index (χ0n) is 19.1. The molecular formula is C23H26F3N3O6. The molecule has 1 fully saturated rings. The highest BCUT2D eigenvalue weighted by atomic mass is 19.4. The normalized spacial score (nSPS) is 13.4. The van der Waals surface area contributed by atoms with Crippen LogP contribution in [0, 0.1) is 0 Å². The van der Waals surface area contributed by atoms with Gasteiger partial charge in [-0.3, -0.25) is 4.79 Å². The molecule has 0 bridgehead atoms. The lowest BCUT2D eigenvalue weighted by atomic mass is 10.1. The maximum Gasteiger partial charge on any atom is 0.490 e. The van der Waals surface area contributed by atoms with Crippen molar-refractivity contribution in [3.8, 4) is 5.75 Å². The molecule has 3 N–H and O–H groups in total. The number of methoxy groups -OCH3 is 1. The zero-order chi connectivity index (χ0) is 26.2. The average molecular weight is 497 g/mol. The summed E-state index contributed by atoms with van der Waals surface area (Å²) >= 11 is 0. The van der Waals surface area contributed by atoms with Crippen LogP contribution in [0.3, 0.4) is 0 Å². The van der Waals surface area contributed by atoms with Gasteiger partial charge in [-0.1, -0.05) is 13.0 Å². The molecule has 0 aliphatic carbocycles. The summed E-state index contributed by atoms with van der Waals surface area (Å²) in [4.78, 5) is 36.6. The number of rotatable bonds is 6. The van der Waals surface area contributed by atoms with Gasteiger partial charge < -0.3 is 30.1 Å². The second-order valence-electron chi connectivity index (χ2n) is 7.42. The summed E-state index contributed by atoms with van der Waals surface area (Å²) in [5.41, 5.74) is 2.47. The van der Waals surface area contributed by atoms with Crippen molar-refractivity contribution in [2.45, 2.75) is 19.5 Å². The van der Waals surface area contributed by atoms with Crippen molar-refractivity contribution >= 4 is 34.9 Å². The van der Waals surface area contributed by atoms with Crippen LogP contribution in [0.15, 0.2) is 42.5 Å². The average Bonchev–Trinajstić information content (AvgIpc) is 2.83. The Morgan fingerprint density at radius 3 is 2.11 bits per heavy atom. The van der Waals surface area contributed by atoms with Gasteiger partial charge in [0.2, 0.25) is 5.91 Å². The number of benzene rings is 2. The summed E-state index contributed by atoms with van der Waals surface area (Å²) in [5.74, 6) is -3.08. The second-order valence-corrected chi connectivity index (χ2v) is 7.42. The summed E-state index contributed by atoms with van der Waals surface area (Å²) in [7, 11) is 1.65. The van der Waals surface area contributed by atoms with Crippen LogP contribution in [0.5, 0.6) is 5.75 Å². The van der Waals surface area contributed by atoms with Crippen LogP contribution < -0.4 is 19.9 Å². The van der Waals surface area contributed by atoms with Crippen LogP contribution in [-0.2, 0) is 9.59 Å². The number of amides is 1. The first-order valence-electron chi connectivity index (χ1n) is 10.6. The Bertz CT molecular complexity index is 1050. The summed E-state index contributed by atoms with van der Waals surface area (Å²) in [5, 5.41) is 19.5. The highest BCUT2D eigenvalue weighted by molar-refractivity contribution is 5.98. The largest absolute Gasteiger partial charge is 0.497 e. The topological polar surface area (TPSA) is 119 Å². The van der Waals surface area contributed by atoms with E-state index in [0.29, 0.717) is 30.9 Å². The van der Waals surface area contributed by atoms with E-state index in [4.69, 9.17) is 14.6 Å². The Labute approximate surface area is 199 Å². The molecule has 190 valence electrons. The fourth-order valence-corrected chi connectivity index (χ4v) is 3.32. The number of carbonyl (C=O) groups is 3. The third-order valence-electron chi connectivity index (χ3n) is 5.11. The van der Waals surface area contributed by atoms with E-state index in [-0.39, 0.29) is 11.5 Å². The third kappa shape index (κ3) is 7.80. The van der Waals surface area contributed by atoms with Crippen LogP contribution in [0.2, 0.25) is 0 Å². The number of nitrogens with zero attached hydrogens (tertiary/aromatic N) is 2. The van der Waals surface area contributed by atoms with Gasteiger partial charge in [0, 0.05) is 50.0 Å². The molecule has 2 aromatic rings. The Morgan fingerprint density at radius 2 is 1.60 bits per heavy atom. The molecule has 0 saturated carbocycles. The van der Waals surface area contributed by atoms with Gasteiger partial charge in [-0.15, -0.1) is 0 Å². The number of aliphatic carboxylic acids is 1. The lowest BCUT2D eigenvalue weighted by Crippen LogP contribution is -2.47.